The van der Waals surface area contributed by atoms with E-state index >= 15 is 0 Å². The molecular weight excluding hydrogens is 450 g/mol. The van der Waals surface area contributed by atoms with Gasteiger partial charge in [0.15, 0.2) is 11.6 Å². The van der Waals surface area contributed by atoms with Crippen LogP contribution < -0.4 is 10.1 Å². The van der Waals surface area contributed by atoms with Gasteiger partial charge in [0.1, 0.15) is 17.3 Å². The zero-order valence-electron chi connectivity index (χ0n) is 20.3. The van der Waals surface area contributed by atoms with E-state index in [1.165, 1.54) is 0 Å². The van der Waals surface area contributed by atoms with E-state index in [2.05, 4.69) is 33.0 Å². The molecule has 0 spiro atoms. The van der Waals surface area contributed by atoms with Crippen LogP contribution in [0.1, 0.15) is 65.1 Å². The number of ketones is 2. The summed E-state index contributed by atoms with van der Waals surface area (Å²) in [6, 6.07) is 9.09. The van der Waals surface area contributed by atoms with Crippen molar-refractivity contribution in [1.29, 1.82) is 0 Å². The summed E-state index contributed by atoms with van der Waals surface area (Å²) in [5, 5.41) is 4.10. The highest BCUT2D eigenvalue weighted by molar-refractivity contribution is 6.31. The summed E-state index contributed by atoms with van der Waals surface area (Å²) in [5.74, 6) is 1.47. The van der Waals surface area contributed by atoms with Gasteiger partial charge in [-0.05, 0) is 54.0 Å². The number of rotatable bonds is 3. The molecule has 1 aromatic heterocycles. The number of methoxy groups -OCH3 is 1. The van der Waals surface area contributed by atoms with Gasteiger partial charge in [-0.3, -0.25) is 9.59 Å². The van der Waals surface area contributed by atoms with Crippen LogP contribution >= 0.6 is 11.6 Å². The predicted molar refractivity (Wildman–Crippen MR) is 132 cm³/mol. The third kappa shape index (κ3) is 3.90. The lowest BCUT2D eigenvalue weighted by atomic mass is 9.65. The second-order valence-electron chi connectivity index (χ2n) is 11.3. The molecule has 0 fully saturated rings. The summed E-state index contributed by atoms with van der Waals surface area (Å²) in [4.78, 5) is 26.9. The summed E-state index contributed by atoms with van der Waals surface area (Å²) in [6.07, 6.45) is 2.40. The van der Waals surface area contributed by atoms with Gasteiger partial charge in [0.25, 0.3) is 0 Å². The summed E-state index contributed by atoms with van der Waals surface area (Å²) in [6.45, 7) is 8.45. The first-order chi connectivity index (χ1) is 16.0. The van der Waals surface area contributed by atoms with Gasteiger partial charge >= 0.3 is 0 Å². The van der Waals surface area contributed by atoms with Gasteiger partial charge in [-0.15, -0.1) is 0 Å². The van der Waals surface area contributed by atoms with Crippen molar-refractivity contribution >= 4 is 23.2 Å². The van der Waals surface area contributed by atoms with E-state index in [4.69, 9.17) is 20.8 Å². The first-order valence-electron chi connectivity index (χ1n) is 11.7. The number of halogens is 1. The van der Waals surface area contributed by atoms with Crippen molar-refractivity contribution in [1.82, 2.24) is 5.32 Å². The topological polar surface area (TPSA) is 68.5 Å². The predicted octanol–water partition coefficient (Wildman–Crippen LogP) is 6.58. The first-order valence-corrected chi connectivity index (χ1v) is 12.1. The molecule has 0 unspecified atom stereocenters. The number of dihydropyridines is 1. The normalized spacial score (nSPS) is 21.8. The molecule has 0 amide bonds. The average molecular weight is 480 g/mol. The van der Waals surface area contributed by atoms with Crippen LogP contribution in [-0.2, 0) is 9.59 Å². The highest BCUT2D eigenvalue weighted by Gasteiger charge is 2.47. The molecule has 0 atom stereocenters. The van der Waals surface area contributed by atoms with Crippen molar-refractivity contribution in [3.8, 4) is 17.1 Å². The van der Waals surface area contributed by atoms with E-state index in [1.807, 2.05) is 12.1 Å². The molecule has 6 heteroatoms. The van der Waals surface area contributed by atoms with Gasteiger partial charge in [0.05, 0.1) is 18.6 Å². The van der Waals surface area contributed by atoms with Crippen molar-refractivity contribution in [3.63, 3.8) is 0 Å². The van der Waals surface area contributed by atoms with Gasteiger partial charge in [0, 0.05) is 40.4 Å². The van der Waals surface area contributed by atoms with E-state index in [9.17, 15) is 9.59 Å². The van der Waals surface area contributed by atoms with Gasteiger partial charge in [-0.2, -0.15) is 0 Å². The molecule has 1 aliphatic heterocycles. The number of furan rings is 1. The lowest BCUT2D eigenvalue weighted by Crippen LogP contribution is -2.42. The Kier molecular flexibility index (Phi) is 5.32. The number of carbonyl (C=O) groups is 2. The van der Waals surface area contributed by atoms with E-state index < -0.39 is 5.92 Å². The van der Waals surface area contributed by atoms with Crippen molar-refractivity contribution in [2.75, 3.05) is 7.11 Å². The summed E-state index contributed by atoms with van der Waals surface area (Å²) in [7, 11) is 1.60. The Balaban J connectivity index is 1.66. The molecule has 1 aromatic carbocycles. The number of Topliss-reactive ketones (excluding diaryl/α,β-unsaturated/α-hetero) is 2. The molecule has 5 rings (SSSR count). The smallest absolute Gasteiger partial charge is 0.162 e. The standard InChI is InChI=1S/C28H30ClNO4/c1-27(2)11-17-24(19(31)13-27)26(25-18(30-17)12-28(3,4)14-20(25)32)23-9-8-22(34-23)16-10-15(29)6-7-21(16)33-5/h6-10,26,30H,11-14H2,1-5H3. The number of carbonyl (C=O) groups excluding carboxylic acids is 2. The van der Waals surface area contributed by atoms with Crippen LogP contribution in [-0.4, -0.2) is 18.7 Å². The minimum absolute atomic E-state index is 0.0752. The molecule has 178 valence electrons. The summed E-state index contributed by atoms with van der Waals surface area (Å²) in [5.41, 5.74) is 3.65. The van der Waals surface area contributed by atoms with Crippen LogP contribution in [0.25, 0.3) is 11.3 Å². The minimum atomic E-state index is -0.502. The van der Waals surface area contributed by atoms with E-state index in [-0.39, 0.29) is 22.4 Å². The molecule has 2 heterocycles. The van der Waals surface area contributed by atoms with Gasteiger partial charge < -0.3 is 14.5 Å². The van der Waals surface area contributed by atoms with Crippen LogP contribution in [0.3, 0.4) is 0 Å². The number of allylic oxidation sites excluding steroid dienone is 4. The number of hydrogen-bond acceptors (Lipinski definition) is 5. The second kappa shape index (κ2) is 7.88. The Morgan fingerprint density at radius 1 is 0.912 bits per heavy atom. The molecule has 5 nitrogen and oxygen atoms in total. The number of ether oxygens (including phenoxy) is 1. The maximum Gasteiger partial charge on any atom is 0.162 e. The zero-order chi connectivity index (χ0) is 24.4. The molecule has 1 N–H and O–H groups in total. The van der Waals surface area contributed by atoms with Gasteiger partial charge in [-0.25, -0.2) is 0 Å². The van der Waals surface area contributed by atoms with Crippen molar-refractivity contribution in [3.05, 3.63) is 63.7 Å². The number of hydrogen-bond donors (Lipinski definition) is 1. The molecule has 0 bridgehead atoms. The third-order valence-corrected chi connectivity index (χ3v) is 7.29. The Labute approximate surface area is 205 Å². The van der Waals surface area contributed by atoms with Crippen LogP contribution in [0.15, 0.2) is 57.3 Å². The highest BCUT2D eigenvalue weighted by atomic mass is 35.5. The molecule has 2 aromatic rings. The van der Waals surface area contributed by atoms with Crippen molar-refractivity contribution < 1.29 is 18.7 Å². The Bertz CT molecular complexity index is 1230. The van der Waals surface area contributed by atoms with Crippen molar-refractivity contribution in [2.24, 2.45) is 10.8 Å². The van der Waals surface area contributed by atoms with Gasteiger partial charge in [-0.1, -0.05) is 39.3 Å². The number of benzene rings is 1. The van der Waals surface area contributed by atoms with Crippen molar-refractivity contribution in [2.45, 2.75) is 59.3 Å². The fraction of sp³-hybridized carbons (Fsp3) is 0.429. The van der Waals surface area contributed by atoms with Crippen LogP contribution in [0.5, 0.6) is 5.75 Å². The Morgan fingerprint density at radius 2 is 1.50 bits per heavy atom. The fourth-order valence-corrected chi connectivity index (χ4v) is 5.87. The van der Waals surface area contributed by atoms with E-state index in [0.717, 1.165) is 29.8 Å². The fourth-order valence-electron chi connectivity index (χ4n) is 5.70. The maximum absolute atomic E-state index is 13.4. The first kappa shape index (κ1) is 23.0. The average Bonchev–Trinajstić information content (AvgIpc) is 3.20. The van der Waals surface area contributed by atoms with Gasteiger partial charge in [0.2, 0.25) is 0 Å². The lowest BCUT2D eigenvalue weighted by Gasteiger charge is -2.43. The van der Waals surface area contributed by atoms with E-state index in [0.29, 0.717) is 46.3 Å². The lowest BCUT2D eigenvalue weighted by molar-refractivity contribution is -0.119. The molecule has 2 aliphatic carbocycles. The monoisotopic (exact) mass is 479 g/mol. The minimum Gasteiger partial charge on any atom is -0.496 e. The highest BCUT2D eigenvalue weighted by Crippen LogP contribution is 2.51. The van der Waals surface area contributed by atoms with E-state index in [1.54, 1.807) is 25.3 Å². The molecule has 3 aliphatic rings. The molecular formula is C28H30ClNO4. The number of nitrogens with one attached hydrogen (secondary N) is 1. The van der Waals surface area contributed by atoms with Crippen LogP contribution in [0.2, 0.25) is 5.02 Å². The molecule has 0 radical (unpaired) electrons. The van der Waals surface area contributed by atoms with Crippen LogP contribution in [0, 0.1) is 10.8 Å². The summed E-state index contributed by atoms with van der Waals surface area (Å²) < 4.78 is 11.9. The zero-order valence-corrected chi connectivity index (χ0v) is 21.1. The maximum atomic E-state index is 13.4. The largest absolute Gasteiger partial charge is 0.496 e. The quantitative estimate of drug-likeness (QED) is 0.538. The second-order valence-corrected chi connectivity index (χ2v) is 11.7. The Morgan fingerprint density at radius 3 is 2.06 bits per heavy atom. The third-order valence-electron chi connectivity index (χ3n) is 7.06. The molecule has 34 heavy (non-hydrogen) atoms. The summed E-state index contributed by atoms with van der Waals surface area (Å²) >= 11 is 6.24. The SMILES string of the molecule is COc1ccc(Cl)cc1-c1ccc(C2C3=C(CC(C)(C)CC3=O)NC3=C2C(=O)CC(C)(C)C3)o1. The van der Waals surface area contributed by atoms with Crippen LogP contribution in [0.4, 0.5) is 0 Å². The molecule has 0 saturated heterocycles. The molecule has 0 saturated carbocycles. The Hall–Kier alpha value is -2.79.